The second kappa shape index (κ2) is 5.70. The molecule has 1 aromatic heterocycles. The number of carbonyl (C=O) groups excluding carboxylic acids is 1. The number of esters is 1. The number of benzene rings is 1. The van der Waals surface area contributed by atoms with Gasteiger partial charge in [0.1, 0.15) is 5.00 Å². The average molecular weight is 329 g/mol. The minimum atomic E-state index is -0.303. The second-order valence-electron chi connectivity index (χ2n) is 5.40. The summed E-state index contributed by atoms with van der Waals surface area (Å²) in [6, 6.07) is 5.65. The fourth-order valence-electron chi connectivity index (χ4n) is 2.92. The number of nitrogens with zero attached hydrogens (tertiary/aromatic N) is 1. The van der Waals surface area contributed by atoms with Crippen LogP contribution >= 0.6 is 11.3 Å². The molecular weight excluding hydrogens is 314 g/mol. The molecule has 0 spiro atoms. The lowest BCUT2D eigenvalue weighted by Crippen LogP contribution is -2.03. The third-order valence-electron chi connectivity index (χ3n) is 4.02. The van der Waals surface area contributed by atoms with E-state index in [2.05, 4.69) is 4.99 Å². The summed E-state index contributed by atoms with van der Waals surface area (Å²) in [7, 11) is 1.41. The van der Waals surface area contributed by atoms with Crippen LogP contribution in [0.25, 0.3) is 0 Å². The lowest BCUT2D eigenvalue weighted by Gasteiger charge is -2.01. The first-order valence-corrected chi connectivity index (χ1v) is 8.24. The van der Waals surface area contributed by atoms with Crippen LogP contribution in [0.5, 0.6) is 11.5 Å². The van der Waals surface area contributed by atoms with Crippen molar-refractivity contribution in [1.29, 1.82) is 0 Å². The molecule has 1 aliphatic heterocycles. The molecule has 1 aromatic carbocycles. The van der Waals surface area contributed by atoms with Gasteiger partial charge in [0.15, 0.2) is 11.5 Å². The zero-order valence-electron chi connectivity index (χ0n) is 12.6. The van der Waals surface area contributed by atoms with Gasteiger partial charge in [0.2, 0.25) is 6.79 Å². The Morgan fingerprint density at radius 3 is 3.04 bits per heavy atom. The number of hydrogen-bond acceptors (Lipinski definition) is 6. The van der Waals surface area contributed by atoms with Crippen molar-refractivity contribution in [3.05, 3.63) is 39.8 Å². The molecule has 0 bridgehead atoms. The summed E-state index contributed by atoms with van der Waals surface area (Å²) in [6.07, 6.45) is 4.78. The Balaban J connectivity index is 1.67. The summed E-state index contributed by atoms with van der Waals surface area (Å²) in [6.45, 7) is 0.250. The summed E-state index contributed by atoms with van der Waals surface area (Å²) in [5.74, 6) is 1.16. The van der Waals surface area contributed by atoms with E-state index in [1.54, 1.807) is 17.6 Å². The lowest BCUT2D eigenvalue weighted by molar-refractivity contribution is 0.0601. The molecule has 1 aliphatic carbocycles. The van der Waals surface area contributed by atoms with Gasteiger partial charge in [0, 0.05) is 11.1 Å². The lowest BCUT2D eigenvalue weighted by atomic mass is 10.1. The molecule has 0 radical (unpaired) electrons. The molecule has 0 saturated carbocycles. The third-order valence-corrected chi connectivity index (χ3v) is 5.22. The number of hydrogen-bond donors (Lipinski definition) is 0. The molecule has 0 saturated heterocycles. The summed E-state index contributed by atoms with van der Waals surface area (Å²) in [4.78, 5) is 17.9. The van der Waals surface area contributed by atoms with E-state index in [1.165, 1.54) is 12.0 Å². The normalized spacial score (nSPS) is 15.2. The van der Waals surface area contributed by atoms with Gasteiger partial charge in [-0.25, -0.2) is 9.79 Å². The summed E-state index contributed by atoms with van der Waals surface area (Å²) in [5.41, 5.74) is 2.64. The van der Waals surface area contributed by atoms with Gasteiger partial charge >= 0.3 is 5.97 Å². The topological polar surface area (TPSA) is 57.1 Å². The number of fused-ring (bicyclic) bond motifs is 2. The predicted molar refractivity (Wildman–Crippen MR) is 87.5 cm³/mol. The summed E-state index contributed by atoms with van der Waals surface area (Å²) >= 11 is 1.58. The van der Waals surface area contributed by atoms with Gasteiger partial charge in [0.05, 0.1) is 12.7 Å². The molecule has 23 heavy (non-hydrogen) atoms. The van der Waals surface area contributed by atoms with Crippen LogP contribution in [0.4, 0.5) is 5.00 Å². The van der Waals surface area contributed by atoms with E-state index >= 15 is 0 Å². The van der Waals surface area contributed by atoms with Crippen molar-refractivity contribution in [3.8, 4) is 11.5 Å². The van der Waals surface area contributed by atoms with Crippen LogP contribution in [0, 0.1) is 0 Å². The standard InChI is InChI=1S/C17H15NO4S/c1-20-17(19)15-11-3-2-4-14(11)23-16(15)18-8-10-5-6-12-13(7-10)22-9-21-12/h5-8H,2-4,9H2,1H3/b18-8+. The number of aliphatic imine (C=N–C) groups is 1. The van der Waals surface area contributed by atoms with Gasteiger partial charge in [-0.05, 0) is 48.6 Å². The third kappa shape index (κ3) is 2.49. The molecule has 0 unspecified atom stereocenters. The van der Waals surface area contributed by atoms with Crippen molar-refractivity contribution in [2.75, 3.05) is 13.9 Å². The van der Waals surface area contributed by atoms with Crippen molar-refractivity contribution < 1.29 is 19.0 Å². The van der Waals surface area contributed by atoms with E-state index in [0.717, 1.165) is 46.9 Å². The molecule has 2 aromatic rings. The largest absolute Gasteiger partial charge is 0.465 e. The smallest absolute Gasteiger partial charge is 0.341 e. The SMILES string of the molecule is COC(=O)c1c(/N=C/c2ccc3c(c2)OCO3)sc2c1CCC2. The van der Waals surface area contributed by atoms with Gasteiger partial charge in [-0.15, -0.1) is 11.3 Å². The molecule has 0 atom stereocenters. The highest BCUT2D eigenvalue weighted by Crippen LogP contribution is 2.41. The van der Waals surface area contributed by atoms with Crippen molar-refractivity contribution >= 4 is 28.5 Å². The van der Waals surface area contributed by atoms with Gasteiger partial charge in [0.25, 0.3) is 0 Å². The highest BCUT2D eigenvalue weighted by molar-refractivity contribution is 7.16. The van der Waals surface area contributed by atoms with Crippen LogP contribution in [0.15, 0.2) is 23.2 Å². The zero-order chi connectivity index (χ0) is 15.8. The monoisotopic (exact) mass is 329 g/mol. The van der Waals surface area contributed by atoms with Crippen molar-refractivity contribution in [1.82, 2.24) is 0 Å². The number of methoxy groups -OCH3 is 1. The van der Waals surface area contributed by atoms with Crippen molar-refractivity contribution in [2.45, 2.75) is 19.3 Å². The van der Waals surface area contributed by atoms with Crippen LogP contribution in [-0.2, 0) is 17.6 Å². The Kier molecular flexibility index (Phi) is 3.53. The highest BCUT2D eigenvalue weighted by atomic mass is 32.1. The Bertz CT molecular complexity index is 809. The molecule has 2 aliphatic rings. The van der Waals surface area contributed by atoms with Gasteiger partial charge in [-0.1, -0.05) is 0 Å². The molecule has 0 fully saturated rings. The van der Waals surface area contributed by atoms with Gasteiger partial charge in [-0.2, -0.15) is 0 Å². The molecule has 118 valence electrons. The average Bonchev–Trinajstić information content (AvgIpc) is 3.26. The minimum Gasteiger partial charge on any atom is -0.465 e. The summed E-state index contributed by atoms with van der Waals surface area (Å²) in [5, 5.41) is 0.721. The van der Waals surface area contributed by atoms with Crippen LogP contribution in [0.3, 0.4) is 0 Å². The van der Waals surface area contributed by atoms with E-state index < -0.39 is 0 Å². The van der Waals surface area contributed by atoms with Crippen LogP contribution in [-0.4, -0.2) is 26.1 Å². The van der Waals surface area contributed by atoms with E-state index in [0.29, 0.717) is 5.56 Å². The quantitative estimate of drug-likeness (QED) is 0.639. The Hall–Kier alpha value is -2.34. The number of rotatable bonds is 3. The van der Waals surface area contributed by atoms with Crippen molar-refractivity contribution in [2.24, 2.45) is 4.99 Å². The van der Waals surface area contributed by atoms with Crippen LogP contribution in [0.2, 0.25) is 0 Å². The first kappa shape index (κ1) is 14.3. The van der Waals surface area contributed by atoms with Gasteiger partial charge in [-0.3, -0.25) is 0 Å². The molecule has 5 nitrogen and oxygen atoms in total. The molecule has 2 heterocycles. The maximum Gasteiger partial charge on any atom is 0.341 e. The fraction of sp³-hybridized carbons (Fsp3) is 0.294. The molecule has 0 amide bonds. The zero-order valence-corrected chi connectivity index (χ0v) is 13.4. The van der Waals surface area contributed by atoms with E-state index in [9.17, 15) is 4.79 Å². The number of thiophene rings is 1. The summed E-state index contributed by atoms with van der Waals surface area (Å²) < 4.78 is 15.6. The number of aryl methyl sites for hydroxylation is 1. The Labute approximate surface area is 137 Å². The Morgan fingerprint density at radius 2 is 2.17 bits per heavy atom. The van der Waals surface area contributed by atoms with E-state index in [-0.39, 0.29) is 12.8 Å². The molecule has 0 N–H and O–H groups in total. The maximum absolute atomic E-state index is 12.1. The number of ether oxygens (including phenoxy) is 3. The van der Waals surface area contributed by atoms with Crippen LogP contribution in [0.1, 0.15) is 32.8 Å². The van der Waals surface area contributed by atoms with E-state index in [4.69, 9.17) is 14.2 Å². The molecule has 6 heteroatoms. The predicted octanol–water partition coefficient (Wildman–Crippen LogP) is 3.50. The Morgan fingerprint density at radius 1 is 1.30 bits per heavy atom. The number of carbonyl (C=O) groups is 1. The van der Waals surface area contributed by atoms with Crippen LogP contribution < -0.4 is 9.47 Å². The first-order chi connectivity index (χ1) is 11.3. The van der Waals surface area contributed by atoms with Gasteiger partial charge < -0.3 is 14.2 Å². The van der Waals surface area contributed by atoms with E-state index in [1.807, 2.05) is 18.2 Å². The molecule has 4 rings (SSSR count). The first-order valence-electron chi connectivity index (χ1n) is 7.43. The second-order valence-corrected chi connectivity index (χ2v) is 6.48. The fourth-order valence-corrected chi connectivity index (χ4v) is 4.14. The van der Waals surface area contributed by atoms with Crippen molar-refractivity contribution in [3.63, 3.8) is 0 Å². The highest BCUT2D eigenvalue weighted by Gasteiger charge is 2.26. The minimum absolute atomic E-state index is 0.250. The molecular formula is C17H15NO4S. The maximum atomic E-state index is 12.1.